The normalized spacial score (nSPS) is 21.4. The predicted octanol–water partition coefficient (Wildman–Crippen LogP) is 3.14. The van der Waals surface area contributed by atoms with Crippen molar-refractivity contribution in [3.63, 3.8) is 0 Å². The summed E-state index contributed by atoms with van der Waals surface area (Å²) in [7, 11) is 8.17. The molecule has 1 heterocycles. The van der Waals surface area contributed by atoms with Gasteiger partial charge in [0.1, 0.15) is 0 Å². The number of hydrogen-bond acceptors (Lipinski definition) is 2. The Balaban J connectivity index is 2.11. The van der Waals surface area contributed by atoms with Crippen molar-refractivity contribution in [3.05, 3.63) is 35.4 Å². The zero-order chi connectivity index (χ0) is 17.7. The highest BCUT2D eigenvalue weighted by molar-refractivity contribution is 5.79. The van der Waals surface area contributed by atoms with Gasteiger partial charge in [-0.1, -0.05) is 38.1 Å². The molecule has 134 valence electrons. The Hall–Kier alpha value is -1.55. The molecule has 2 rings (SSSR count). The zero-order valence-corrected chi connectivity index (χ0v) is 16.3. The molecule has 1 aromatic rings. The van der Waals surface area contributed by atoms with Crippen LogP contribution < -0.4 is 0 Å². The van der Waals surface area contributed by atoms with Gasteiger partial charge < -0.3 is 9.80 Å². The van der Waals surface area contributed by atoms with Crippen LogP contribution in [0.4, 0.5) is 0 Å². The van der Waals surface area contributed by atoms with Gasteiger partial charge in [-0.2, -0.15) is 0 Å². The first kappa shape index (κ1) is 18.8. The molecule has 24 heavy (non-hydrogen) atoms. The molecule has 0 saturated carbocycles. The highest BCUT2D eigenvalue weighted by atomic mass is 15.3. The summed E-state index contributed by atoms with van der Waals surface area (Å²) < 4.78 is 0. The van der Waals surface area contributed by atoms with E-state index in [0.717, 1.165) is 30.9 Å². The van der Waals surface area contributed by atoms with Gasteiger partial charge >= 0.3 is 0 Å². The van der Waals surface area contributed by atoms with Crippen LogP contribution in [0, 0.1) is 11.8 Å². The first-order valence-electron chi connectivity index (χ1n) is 9.05. The van der Waals surface area contributed by atoms with Crippen molar-refractivity contribution >= 4 is 5.96 Å². The highest BCUT2D eigenvalue weighted by Gasteiger charge is 2.22. The van der Waals surface area contributed by atoms with Gasteiger partial charge in [-0.15, -0.1) is 0 Å². The molecule has 0 aliphatic carbocycles. The number of rotatable bonds is 4. The summed E-state index contributed by atoms with van der Waals surface area (Å²) in [6, 6.07) is 8.76. The van der Waals surface area contributed by atoms with Gasteiger partial charge in [0.05, 0.1) is 6.54 Å². The summed E-state index contributed by atoms with van der Waals surface area (Å²) >= 11 is 0. The molecule has 2 atom stereocenters. The van der Waals surface area contributed by atoms with Gasteiger partial charge in [0.25, 0.3) is 0 Å². The lowest BCUT2D eigenvalue weighted by Crippen LogP contribution is -2.38. The number of nitrogens with zero attached hydrogens (tertiary/aromatic N) is 4. The largest absolute Gasteiger partial charge is 0.349 e. The molecule has 1 saturated heterocycles. The molecule has 4 nitrogen and oxygen atoms in total. The fourth-order valence-corrected chi connectivity index (χ4v) is 3.87. The fourth-order valence-electron chi connectivity index (χ4n) is 3.87. The summed E-state index contributed by atoms with van der Waals surface area (Å²) in [6.45, 7) is 8.95. The number of likely N-dealkylation sites (tertiary alicyclic amines) is 1. The van der Waals surface area contributed by atoms with E-state index in [1.807, 2.05) is 28.2 Å². The van der Waals surface area contributed by atoms with Crippen molar-refractivity contribution in [3.8, 4) is 0 Å². The molecule has 2 unspecified atom stereocenters. The van der Waals surface area contributed by atoms with Crippen molar-refractivity contribution in [2.45, 2.75) is 33.4 Å². The minimum atomic E-state index is 0.737. The minimum Gasteiger partial charge on any atom is -0.349 e. The molecule has 1 aliphatic heterocycles. The van der Waals surface area contributed by atoms with Crippen LogP contribution in [-0.4, -0.2) is 61.9 Å². The van der Waals surface area contributed by atoms with Gasteiger partial charge in [0.15, 0.2) is 5.96 Å². The van der Waals surface area contributed by atoms with E-state index in [9.17, 15) is 0 Å². The first-order chi connectivity index (χ1) is 11.4. The molecule has 1 aromatic carbocycles. The summed E-state index contributed by atoms with van der Waals surface area (Å²) in [4.78, 5) is 11.6. The predicted molar refractivity (Wildman–Crippen MR) is 103 cm³/mol. The lowest BCUT2D eigenvalue weighted by molar-refractivity contribution is 0.134. The number of guanidine groups is 1. The van der Waals surface area contributed by atoms with Crippen molar-refractivity contribution in [2.24, 2.45) is 16.8 Å². The number of piperidine rings is 1. The van der Waals surface area contributed by atoms with Crippen LogP contribution >= 0.6 is 0 Å². The second kappa shape index (κ2) is 8.52. The third kappa shape index (κ3) is 5.23. The molecule has 0 radical (unpaired) electrons. The lowest BCUT2D eigenvalue weighted by atomic mass is 9.91. The zero-order valence-electron chi connectivity index (χ0n) is 16.3. The molecular weight excluding hydrogens is 296 g/mol. The smallest absolute Gasteiger partial charge is 0.195 e. The Morgan fingerprint density at radius 1 is 1.00 bits per heavy atom. The second-order valence-corrected chi connectivity index (χ2v) is 7.81. The second-order valence-electron chi connectivity index (χ2n) is 7.81. The number of aliphatic imine (C=N–C) groups is 1. The third-order valence-electron chi connectivity index (χ3n) is 4.65. The van der Waals surface area contributed by atoms with Crippen molar-refractivity contribution in [1.82, 2.24) is 14.7 Å². The molecule has 0 aromatic heterocycles. The van der Waals surface area contributed by atoms with Crippen LogP contribution in [0.5, 0.6) is 0 Å². The molecular formula is C20H34N4. The van der Waals surface area contributed by atoms with Crippen LogP contribution in [0.25, 0.3) is 0 Å². The van der Waals surface area contributed by atoms with E-state index in [4.69, 9.17) is 4.99 Å². The SMILES string of the molecule is CC1CC(C)CN(Cc2ccccc2CN=C(N(C)C)N(C)C)C1. The summed E-state index contributed by atoms with van der Waals surface area (Å²) in [6.07, 6.45) is 1.36. The molecule has 0 bridgehead atoms. The molecule has 0 amide bonds. The van der Waals surface area contributed by atoms with Gasteiger partial charge in [-0.3, -0.25) is 4.90 Å². The molecule has 0 spiro atoms. The average molecular weight is 331 g/mol. The van der Waals surface area contributed by atoms with Crippen LogP contribution in [0.2, 0.25) is 0 Å². The van der Waals surface area contributed by atoms with Gasteiger partial charge in [-0.25, -0.2) is 4.99 Å². The van der Waals surface area contributed by atoms with E-state index in [1.165, 1.54) is 30.6 Å². The quantitative estimate of drug-likeness (QED) is 0.625. The maximum absolute atomic E-state index is 4.83. The average Bonchev–Trinajstić information content (AvgIpc) is 2.47. The Bertz CT molecular complexity index is 530. The number of benzene rings is 1. The van der Waals surface area contributed by atoms with E-state index in [1.54, 1.807) is 0 Å². The van der Waals surface area contributed by atoms with Crippen LogP contribution in [-0.2, 0) is 13.1 Å². The Morgan fingerprint density at radius 2 is 1.54 bits per heavy atom. The fraction of sp³-hybridized carbons (Fsp3) is 0.650. The Morgan fingerprint density at radius 3 is 2.08 bits per heavy atom. The topological polar surface area (TPSA) is 22.1 Å². The maximum Gasteiger partial charge on any atom is 0.195 e. The molecule has 4 heteroatoms. The molecule has 1 aliphatic rings. The standard InChI is InChI=1S/C20H34N4/c1-16-11-17(2)14-24(13-16)15-19-10-8-7-9-18(19)12-21-20(22(3)4)23(5)6/h7-10,16-17H,11-15H2,1-6H3. The van der Waals surface area contributed by atoms with E-state index >= 15 is 0 Å². The summed E-state index contributed by atoms with van der Waals surface area (Å²) in [5, 5.41) is 0. The third-order valence-corrected chi connectivity index (χ3v) is 4.65. The van der Waals surface area contributed by atoms with E-state index < -0.39 is 0 Å². The highest BCUT2D eigenvalue weighted by Crippen LogP contribution is 2.23. The summed E-state index contributed by atoms with van der Waals surface area (Å²) in [5.74, 6) is 2.60. The maximum atomic E-state index is 4.83. The Kier molecular flexibility index (Phi) is 6.67. The Labute approximate surface area is 148 Å². The van der Waals surface area contributed by atoms with E-state index in [-0.39, 0.29) is 0 Å². The van der Waals surface area contributed by atoms with E-state index in [0.29, 0.717) is 0 Å². The van der Waals surface area contributed by atoms with Crippen LogP contribution in [0.3, 0.4) is 0 Å². The number of hydrogen-bond donors (Lipinski definition) is 0. The van der Waals surface area contributed by atoms with Gasteiger partial charge in [0.2, 0.25) is 0 Å². The van der Waals surface area contributed by atoms with Crippen LogP contribution in [0.15, 0.2) is 29.3 Å². The van der Waals surface area contributed by atoms with Gasteiger partial charge in [-0.05, 0) is 29.4 Å². The minimum absolute atomic E-state index is 0.737. The van der Waals surface area contributed by atoms with Crippen molar-refractivity contribution < 1.29 is 0 Å². The monoisotopic (exact) mass is 330 g/mol. The van der Waals surface area contributed by atoms with Crippen LogP contribution in [0.1, 0.15) is 31.4 Å². The summed E-state index contributed by atoms with van der Waals surface area (Å²) in [5.41, 5.74) is 2.75. The van der Waals surface area contributed by atoms with Gasteiger partial charge in [0, 0.05) is 47.8 Å². The first-order valence-corrected chi connectivity index (χ1v) is 9.05. The van der Waals surface area contributed by atoms with Crippen molar-refractivity contribution in [2.75, 3.05) is 41.3 Å². The molecule has 0 N–H and O–H groups in total. The van der Waals surface area contributed by atoms with E-state index in [2.05, 4.69) is 52.8 Å². The lowest BCUT2D eigenvalue weighted by Gasteiger charge is -2.35. The van der Waals surface area contributed by atoms with Crippen molar-refractivity contribution in [1.29, 1.82) is 0 Å². The molecule has 1 fully saturated rings.